The van der Waals surface area contributed by atoms with Gasteiger partial charge < -0.3 is 16.2 Å². The molecule has 26 heavy (non-hydrogen) atoms. The molecule has 10 heteroatoms. The van der Waals surface area contributed by atoms with Gasteiger partial charge >= 0.3 is 0 Å². The van der Waals surface area contributed by atoms with Gasteiger partial charge in [0.05, 0.1) is 12.5 Å². The molecule has 4 N–H and O–H groups in total. The second-order valence-corrected chi connectivity index (χ2v) is 8.36. The van der Waals surface area contributed by atoms with Crippen LogP contribution in [0.3, 0.4) is 0 Å². The fraction of sp³-hybridized carbons (Fsp3) is 0.500. The molecule has 0 spiro atoms. The molecule has 1 aliphatic rings. The molecule has 0 aliphatic carbocycles. The molecular formula is C16H23FN4O4S. The molecule has 0 aromatic carbocycles. The van der Waals surface area contributed by atoms with Crippen molar-refractivity contribution in [2.75, 3.05) is 26.2 Å². The lowest BCUT2D eigenvalue weighted by molar-refractivity contribution is -0.128. The van der Waals surface area contributed by atoms with E-state index >= 15 is 0 Å². The number of hydrogen-bond acceptors (Lipinski definition) is 6. The van der Waals surface area contributed by atoms with Gasteiger partial charge in [-0.3, -0.25) is 4.79 Å². The Morgan fingerprint density at radius 2 is 2.08 bits per heavy atom. The third-order valence-electron chi connectivity index (χ3n) is 4.59. The maximum absolute atomic E-state index is 12.7. The molecule has 1 aromatic rings. The van der Waals surface area contributed by atoms with Crippen molar-refractivity contribution in [3.05, 3.63) is 30.2 Å². The number of aromatic nitrogens is 1. The Morgan fingerprint density at radius 3 is 2.54 bits per heavy atom. The third kappa shape index (κ3) is 4.37. The van der Waals surface area contributed by atoms with Gasteiger partial charge in [-0.15, -0.1) is 0 Å². The number of hydrogen-bond donors (Lipinski definition) is 2. The van der Waals surface area contributed by atoms with E-state index < -0.39 is 21.3 Å². The Kier molecular flexibility index (Phi) is 6.32. The zero-order chi connectivity index (χ0) is 19.4. The summed E-state index contributed by atoms with van der Waals surface area (Å²) in [4.78, 5) is 15.5. The van der Waals surface area contributed by atoms with Gasteiger partial charge in [0.25, 0.3) is 0 Å². The molecule has 0 unspecified atom stereocenters. The number of carbonyl (C=O) groups excluding carboxylic acids is 1. The monoisotopic (exact) mass is 386 g/mol. The highest BCUT2D eigenvalue weighted by molar-refractivity contribution is 7.89. The number of carbonyl (C=O) groups is 1. The van der Waals surface area contributed by atoms with Crippen LogP contribution in [0, 0.1) is 5.41 Å². The Hall–Kier alpha value is -2.04. The first-order chi connectivity index (χ1) is 12.2. The molecule has 1 aromatic heterocycles. The van der Waals surface area contributed by atoms with Crippen LogP contribution in [-0.4, -0.2) is 49.9 Å². The van der Waals surface area contributed by atoms with E-state index in [4.69, 9.17) is 16.2 Å². The van der Waals surface area contributed by atoms with E-state index in [-0.39, 0.29) is 42.6 Å². The molecular weight excluding hydrogens is 363 g/mol. The Labute approximate surface area is 152 Å². The first kappa shape index (κ1) is 20.3. The second-order valence-electron chi connectivity index (χ2n) is 6.42. The van der Waals surface area contributed by atoms with Crippen molar-refractivity contribution < 1.29 is 22.3 Å². The molecule has 1 fully saturated rings. The maximum atomic E-state index is 12.7. The number of sulfonamides is 1. The minimum atomic E-state index is -3.72. The molecule has 1 aliphatic heterocycles. The van der Waals surface area contributed by atoms with Gasteiger partial charge in [-0.05, 0) is 18.9 Å². The van der Waals surface area contributed by atoms with Crippen LogP contribution in [0.4, 0.5) is 4.39 Å². The highest BCUT2D eigenvalue weighted by Gasteiger charge is 2.39. The molecule has 1 amide bonds. The van der Waals surface area contributed by atoms with Crippen LogP contribution in [-0.2, 0) is 14.8 Å². The summed E-state index contributed by atoms with van der Waals surface area (Å²) in [6.07, 6.45) is 2.30. The lowest BCUT2D eigenvalue weighted by atomic mass is 9.80. The molecule has 0 atom stereocenters. The standard InChI is InChI=1S/C16H23FN4O4S/c1-16(15(19)22)4-6-21(7-5-16)26(23,24)13-2-3-14(20-10-13)25-11-12(8-17)9-18/h2-3,8,10H,4-7,9,11,18H2,1H3,(H2,19,22)/b12-8+. The largest absolute Gasteiger partial charge is 0.473 e. The lowest BCUT2D eigenvalue weighted by Gasteiger charge is -2.36. The highest BCUT2D eigenvalue weighted by atomic mass is 32.2. The molecule has 144 valence electrons. The number of pyridine rings is 1. The summed E-state index contributed by atoms with van der Waals surface area (Å²) >= 11 is 0. The van der Waals surface area contributed by atoms with Gasteiger partial charge in [0.1, 0.15) is 11.5 Å². The van der Waals surface area contributed by atoms with Crippen LogP contribution in [0.5, 0.6) is 5.88 Å². The van der Waals surface area contributed by atoms with E-state index in [2.05, 4.69) is 4.98 Å². The number of nitrogens with zero attached hydrogens (tertiary/aromatic N) is 2. The molecule has 1 saturated heterocycles. The summed E-state index contributed by atoms with van der Waals surface area (Å²) in [6.45, 7) is 2.11. The van der Waals surface area contributed by atoms with Crippen molar-refractivity contribution in [2.45, 2.75) is 24.7 Å². The van der Waals surface area contributed by atoms with Crippen molar-refractivity contribution in [3.63, 3.8) is 0 Å². The molecule has 0 saturated carbocycles. The quantitative estimate of drug-likeness (QED) is 0.704. The molecule has 0 bridgehead atoms. The van der Waals surface area contributed by atoms with Crippen molar-refractivity contribution >= 4 is 15.9 Å². The SMILES string of the molecule is CC1(C(N)=O)CCN(S(=O)(=O)c2ccc(OC/C(=C/F)CN)nc2)CC1. The van der Waals surface area contributed by atoms with Gasteiger partial charge in [0, 0.05) is 36.7 Å². The van der Waals surface area contributed by atoms with Crippen molar-refractivity contribution in [3.8, 4) is 5.88 Å². The van der Waals surface area contributed by atoms with Crippen molar-refractivity contribution in [1.29, 1.82) is 0 Å². The Bertz CT molecular complexity index is 772. The predicted molar refractivity (Wildman–Crippen MR) is 93.3 cm³/mol. The van der Waals surface area contributed by atoms with Crippen LogP contribution < -0.4 is 16.2 Å². The van der Waals surface area contributed by atoms with Gasteiger partial charge in [0.2, 0.25) is 21.8 Å². The first-order valence-corrected chi connectivity index (χ1v) is 9.54. The Balaban J connectivity index is 2.05. The zero-order valence-corrected chi connectivity index (χ0v) is 15.3. The zero-order valence-electron chi connectivity index (χ0n) is 14.5. The number of rotatable bonds is 7. The van der Waals surface area contributed by atoms with E-state index in [1.54, 1.807) is 6.92 Å². The van der Waals surface area contributed by atoms with E-state index in [0.29, 0.717) is 19.2 Å². The number of nitrogens with two attached hydrogens (primary N) is 2. The molecule has 2 heterocycles. The summed E-state index contributed by atoms with van der Waals surface area (Å²) in [7, 11) is -3.72. The molecule has 8 nitrogen and oxygen atoms in total. The fourth-order valence-electron chi connectivity index (χ4n) is 2.52. The van der Waals surface area contributed by atoms with Crippen LogP contribution in [0.2, 0.25) is 0 Å². The van der Waals surface area contributed by atoms with Gasteiger partial charge in [-0.25, -0.2) is 17.8 Å². The minimum Gasteiger partial charge on any atom is -0.473 e. The van der Waals surface area contributed by atoms with Crippen LogP contribution >= 0.6 is 0 Å². The lowest BCUT2D eigenvalue weighted by Crippen LogP contribution is -2.47. The number of ether oxygens (including phenoxy) is 1. The fourth-order valence-corrected chi connectivity index (χ4v) is 3.91. The van der Waals surface area contributed by atoms with E-state index in [9.17, 15) is 17.6 Å². The Morgan fingerprint density at radius 1 is 1.42 bits per heavy atom. The number of halogens is 1. The van der Waals surface area contributed by atoms with Crippen molar-refractivity contribution in [1.82, 2.24) is 9.29 Å². The minimum absolute atomic E-state index is 0.0160. The first-order valence-electron chi connectivity index (χ1n) is 8.10. The summed E-state index contributed by atoms with van der Waals surface area (Å²) in [5, 5.41) is 0. The van der Waals surface area contributed by atoms with E-state index in [1.165, 1.54) is 22.6 Å². The van der Waals surface area contributed by atoms with Crippen LogP contribution in [0.15, 0.2) is 35.1 Å². The van der Waals surface area contributed by atoms with Crippen LogP contribution in [0.1, 0.15) is 19.8 Å². The summed E-state index contributed by atoms with van der Waals surface area (Å²) in [5.41, 5.74) is 10.3. The average Bonchev–Trinajstić information content (AvgIpc) is 2.63. The second kappa shape index (κ2) is 8.11. The van der Waals surface area contributed by atoms with Crippen LogP contribution in [0.25, 0.3) is 0 Å². The van der Waals surface area contributed by atoms with Gasteiger partial charge in [0.15, 0.2) is 0 Å². The highest BCUT2D eigenvalue weighted by Crippen LogP contribution is 2.32. The average molecular weight is 386 g/mol. The summed E-state index contributed by atoms with van der Waals surface area (Å²) in [5.74, 6) is -0.256. The number of amides is 1. The number of piperidine rings is 1. The third-order valence-corrected chi connectivity index (χ3v) is 6.47. The smallest absolute Gasteiger partial charge is 0.244 e. The summed E-state index contributed by atoms with van der Waals surface area (Å²) < 4.78 is 44.4. The topological polar surface area (TPSA) is 129 Å². The summed E-state index contributed by atoms with van der Waals surface area (Å²) in [6, 6.07) is 2.78. The van der Waals surface area contributed by atoms with Crippen molar-refractivity contribution in [2.24, 2.45) is 16.9 Å². The predicted octanol–water partition coefficient (Wildman–Crippen LogP) is 0.549. The maximum Gasteiger partial charge on any atom is 0.244 e. The van der Waals surface area contributed by atoms with Gasteiger partial charge in [-0.1, -0.05) is 6.92 Å². The van der Waals surface area contributed by atoms with E-state index in [1.807, 2.05) is 0 Å². The molecule has 0 radical (unpaired) electrons. The number of primary amides is 1. The normalized spacial score (nSPS) is 18.5. The van der Waals surface area contributed by atoms with Gasteiger partial charge in [-0.2, -0.15) is 4.31 Å². The van der Waals surface area contributed by atoms with E-state index in [0.717, 1.165) is 0 Å². The molecule has 2 rings (SSSR count).